The molecule has 126 valence electrons. The maximum Gasteiger partial charge on any atom is 0.410 e. The maximum atomic E-state index is 12.6. The normalized spacial score (nSPS) is 30.3. The summed E-state index contributed by atoms with van der Waals surface area (Å²) in [7, 11) is 0. The number of ether oxygens (including phenoxy) is 1. The van der Waals surface area contributed by atoms with Gasteiger partial charge in [0.1, 0.15) is 6.61 Å². The number of hydrogen-bond donors (Lipinski definition) is 1. The molecular formula is C19H27NO3. The van der Waals surface area contributed by atoms with Crippen molar-refractivity contribution in [3.63, 3.8) is 0 Å². The van der Waals surface area contributed by atoms with Gasteiger partial charge in [0.25, 0.3) is 0 Å². The third-order valence-electron chi connectivity index (χ3n) is 5.53. The van der Waals surface area contributed by atoms with Crippen LogP contribution in [-0.4, -0.2) is 33.8 Å². The third-order valence-corrected chi connectivity index (χ3v) is 5.53. The van der Waals surface area contributed by atoms with E-state index in [9.17, 15) is 9.90 Å². The van der Waals surface area contributed by atoms with Gasteiger partial charge in [0.15, 0.2) is 0 Å². The van der Waals surface area contributed by atoms with E-state index in [1.165, 1.54) is 0 Å². The van der Waals surface area contributed by atoms with E-state index in [0.29, 0.717) is 19.4 Å². The van der Waals surface area contributed by atoms with Crippen LogP contribution in [0.3, 0.4) is 0 Å². The molecule has 0 radical (unpaired) electrons. The van der Waals surface area contributed by atoms with Gasteiger partial charge < -0.3 is 14.7 Å². The monoisotopic (exact) mass is 317 g/mol. The van der Waals surface area contributed by atoms with E-state index in [1.807, 2.05) is 35.2 Å². The fourth-order valence-corrected chi connectivity index (χ4v) is 4.03. The number of fused-ring (bicyclic) bond motifs is 2. The predicted octanol–water partition coefficient (Wildman–Crippen LogP) is 3.73. The minimum absolute atomic E-state index is 0.109. The van der Waals surface area contributed by atoms with Gasteiger partial charge in [0, 0.05) is 12.1 Å². The Hall–Kier alpha value is -1.55. The van der Waals surface area contributed by atoms with Crippen LogP contribution in [0.5, 0.6) is 0 Å². The minimum atomic E-state index is -0.647. The number of benzene rings is 1. The molecule has 4 heteroatoms. The van der Waals surface area contributed by atoms with E-state index in [4.69, 9.17) is 4.74 Å². The summed E-state index contributed by atoms with van der Waals surface area (Å²) in [6, 6.07) is 9.98. The molecule has 3 rings (SSSR count). The van der Waals surface area contributed by atoms with Crippen molar-refractivity contribution in [1.29, 1.82) is 0 Å². The van der Waals surface area contributed by atoms with Gasteiger partial charge in [-0.1, -0.05) is 44.2 Å². The lowest BCUT2D eigenvalue weighted by Crippen LogP contribution is -2.61. The summed E-state index contributed by atoms with van der Waals surface area (Å²) < 4.78 is 5.54. The van der Waals surface area contributed by atoms with Gasteiger partial charge in [-0.05, 0) is 43.6 Å². The number of nitrogens with zero attached hydrogens (tertiary/aromatic N) is 1. The lowest BCUT2D eigenvalue weighted by molar-refractivity contribution is -0.109. The molecule has 2 bridgehead atoms. The van der Waals surface area contributed by atoms with Crippen LogP contribution in [0, 0.1) is 5.92 Å². The summed E-state index contributed by atoms with van der Waals surface area (Å²) in [4.78, 5) is 14.5. The average molecular weight is 317 g/mol. The summed E-state index contributed by atoms with van der Waals surface area (Å²) in [6.07, 6.45) is 4.17. The molecule has 2 aliphatic heterocycles. The number of amides is 1. The third kappa shape index (κ3) is 3.37. The first-order valence-corrected chi connectivity index (χ1v) is 8.71. The van der Waals surface area contributed by atoms with E-state index in [-0.39, 0.29) is 24.1 Å². The Morgan fingerprint density at radius 3 is 2.43 bits per heavy atom. The molecule has 0 spiro atoms. The van der Waals surface area contributed by atoms with E-state index < -0.39 is 5.60 Å². The van der Waals surface area contributed by atoms with Gasteiger partial charge >= 0.3 is 6.09 Å². The van der Waals surface area contributed by atoms with E-state index in [0.717, 1.165) is 24.8 Å². The molecular weight excluding hydrogens is 290 g/mol. The highest BCUT2D eigenvalue weighted by Gasteiger charge is 2.49. The minimum Gasteiger partial charge on any atom is -0.445 e. The second-order valence-corrected chi connectivity index (χ2v) is 7.35. The average Bonchev–Trinajstić information content (AvgIpc) is 2.52. The van der Waals surface area contributed by atoms with Gasteiger partial charge in [-0.25, -0.2) is 4.79 Å². The largest absolute Gasteiger partial charge is 0.445 e. The molecule has 2 heterocycles. The van der Waals surface area contributed by atoms with Crippen molar-refractivity contribution < 1.29 is 14.6 Å². The van der Waals surface area contributed by atoms with E-state index in [2.05, 4.69) is 13.8 Å². The van der Waals surface area contributed by atoms with E-state index in [1.54, 1.807) is 0 Å². The SMILES string of the molecule is CC(C)C1(O)CC2CCCC(C1)N2C(=O)OCc1ccccc1. The predicted molar refractivity (Wildman–Crippen MR) is 88.9 cm³/mol. The van der Waals surface area contributed by atoms with E-state index >= 15 is 0 Å². The Bertz CT molecular complexity index is 529. The highest BCUT2D eigenvalue weighted by Crippen LogP contribution is 2.42. The molecule has 1 aromatic rings. The molecule has 2 saturated heterocycles. The first kappa shape index (κ1) is 16.3. The Kier molecular flexibility index (Phi) is 4.62. The van der Waals surface area contributed by atoms with Gasteiger partial charge in [0.05, 0.1) is 5.60 Å². The maximum absolute atomic E-state index is 12.6. The molecule has 2 fully saturated rings. The molecule has 2 atom stereocenters. The van der Waals surface area contributed by atoms with Crippen molar-refractivity contribution >= 4 is 6.09 Å². The smallest absolute Gasteiger partial charge is 0.410 e. The van der Waals surface area contributed by atoms with Crippen molar-refractivity contribution in [2.24, 2.45) is 5.92 Å². The van der Waals surface area contributed by atoms with Crippen LogP contribution < -0.4 is 0 Å². The van der Waals surface area contributed by atoms with Crippen LogP contribution in [0.2, 0.25) is 0 Å². The standard InChI is InChI=1S/C19H27NO3/c1-14(2)19(22)11-16-9-6-10-17(12-19)20(16)18(21)23-13-15-7-4-3-5-8-15/h3-5,7-8,14,16-17,22H,6,9-13H2,1-2H3. The van der Waals surface area contributed by atoms with Crippen molar-refractivity contribution in [3.05, 3.63) is 35.9 Å². The molecule has 0 aromatic heterocycles. The highest BCUT2D eigenvalue weighted by molar-refractivity contribution is 5.69. The Balaban J connectivity index is 1.66. The molecule has 0 aliphatic carbocycles. The van der Waals surface area contributed by atoms with Gasteiger partial charge in [-0.15, -0.1) is 0 Å². The zero-order valence-electron chi connectivity index (χ0n) is 14.1. The number of carbonyl (C=O) groups is 1. The van der Waals surface area contributed by atoms with Crippen molar-refractivity contribution in [2.45, 2.75) is 70.2 Å². The number of carbonyl (C=O) groups excluding carboxylic acids is 1. The molecule has 2 unspecified atom stereocenters. The fraction of sp³-hybridized carbons (Fsp3) is 0.632. The van der Waals surface area contributed by atoms with Crippen LogP contribution in [0.4, 0.5) is 4.79 Å². The zero-order valence-corrected chi connectivity index (χ0v) is 14.1. The topological polar surface area (TPSA) is 49.8 Å². The van der Waals surface area contributed by atoms with Crippen LogP contribution in [0.15, 0.2) is 30.3 Å². The number of piperidine rings is 2. The molecule has 1 aromatic carbocycles. The number of aliphatic hydroxyl groups is 1. The quantitative estimate of drug-likeness (QED) is 0.924. The van der Waals surface area contributed by atoms with Crippen molar-refractivity contribution in [3.8, 4) is 0 Å². The van der Waals surface area contributed by atoms with Crippen molar-refractivity contribution in [2.75, 3.05) is 0 Å². The Labute approximate surface area is 138 Å². The first-order chi connectivity index (χ1) is 11.0. The van der Waals surface area contributed by atoms with Crippen LogP contribution in [0.25, 0.3) is 0 Å². The summed E-state index contributed by atoms with van der Waals surface area (Å²) in [5.74, 6) is 0.216. The lowest BCUT2D eigenvalue weighted by Gasteiger charge is -2.52. The van der Waals surface area contributed by atoms with Gasteiger partial charge in [0.2, 0.25) is 0 Å². The summed E-state index contributed by atoms with van der Waals surface area (Å²) in [6.45, 7) is 4.45. The fourth-order valence-electron chi connectivity index (χ4n) is 4.03. The van der Waals surface area contributed by atoms with Crippen molar-refractivity contribution in [1.82, 2.24) is 4.90 Å². The Morgan fingerprint density at radius 1 is 1.26 bits per heavy atom. The van der Waals surface area contributed by atoms with Gasteiger partial charge in [-0.2, -0.15) is 0 Å². The highest BCUT2D eigenvalue weighted by atomic mass is 16.6. The summed E-state index contributed by atoms with van der Waals surface area (Å²) >= 11 is 0. The molecule has 4 nitrogen and oxygen atoms in total. The number of rotatable bonds is 3. The Morgan fingerprint density at radius 2 is 1.87 bits per heavy atom. The lowest BCUT2D eigenvalue weighted by atomic mass is 9.71. The van der Waals surface area contributed by atoms with Crippen LogP contribution in [0.1, 0.15) is 51.5 Å². The summed E-state index contributed by atoms with van der Waals surface area (Å²) in [5.41, 5.74) is 0.355. The molecule has 0 saturated carbocycles. The van der Waals surface area contributed by atoms with Gasteiger partial charge in [-0.3, -0.25) is 0 Å². The molecule has 2 aliphatic rings. The summed E-state index contributed by atoms with van der Waals surface area (Å²) in [5, 5.41) is 10.9. The zero-order chi connectivity index (χ0) is 16.4. The van der Waals surface area contributed by atoms with Crippen LogP contribution in [-0.2, 0) is 11.3 Å². The first-order valence-electron chi connectivity index (χ1n) is 8.71. The second kappa shape index (κ2) is 6.52. The molecule has 1 amide bonds. The van der Waals surface area contributed by atoms with Crippen LogP contribution >= 0.6 is 0 Å². The number of hydrogen-bond acceptors (Lipinski definition) is 3. The molecule has 23 heavy (non-hydrogen) atoms. The second-order valence-electron chi connectivity index (χ2n) is 7.35. The molecule has 1 N–H and O–H groups in total.